The second kappa shape index (κ2) is 8.22. The topological polar surface area (TPSA) is 79.2 Å². The average molecular weight is 425 g/mol. The normalized spacial score (nSPS) is 20.4. The van der Waals surface area contributed by atoms with Gasteiger partial charge in [0.1, 0.15) is 0 Å². The number of hydrogen-bond acceptors (Lipinski definition) is 4. The predicted molar refractivity (Wildman–Crippen MR) is 106 cm³/mol. The van der Waals surface area contributed by atoms with Crippen LogP contribution in [-0.2, 0) is 14.9 Å². The minimum absolute atomic E-state index is 0.0293. The van der Waals surface area contributed by atoms with Gasteiger partial charge in [0.2, 0.25) is 6.43 Å². The first-order valence-electron chi connectivity index (χ1n) is 9.45. The van der Waals surface area contributed by atoms with Gasteiger partial charge in [-0.25, -0.2) is 8.78 Å². The summed E-state index contributed by atoms with van der Waals surface area (Å²) in [7, 11) is 1.30. The Kier molecular flexibility index (Phi) is 6.08. The molecule has 1 atom stereocenters. The summed E-state index contributed by atoms with van der Waals surface area (Å²) in [6.07, 6.45) is -0.828. The zero-order chi connectivity index (χ0) is 21.3. The standard InChI is InChI=1S/C21H23ClF2N2O3/c1-11(25)13-7-6-12(19(28)29-2)10-16(13)26-18(27)17-14(4-3-5-15(17)22)21(8-9-21)20(23)24/h3-5,12,20,25H,6-10H2,1-2H3,(H,26,27). The number of carbonyl (C=O) groups excluding carboxylic acids is 2. The van der Waals surface area contributed by atoms with Crippen LogP contribution in [0.3, 0.4) is 0 Å². The van der Waals surface area contributed by atoms with Gasteiger partial charge in [-0.15, -0.1) is 0 Å². The van der Waals surface area contributed by atoms with Crippen molar-refractivity contribution in [1.29, 1.82) is 5.41 Å². The van der Waals surface area contributed by atoms with Crippen molar-refractivity contribution in [2.24, 2.45) is 5.92 Å². The zero-order valence-electron chi connectivity index (χ0n) is 16.3. The SMILES string of the molecule is COC(=O)C1CCC(C(C)=N)=C(NC(=O)c2c(Cl)cccc2C2(C(F)F)CC2)C1. The largest absolute Gasteiger partial charge is 0.469 e. The lowest BCUT2D eigenvalue weighted by molar-refractivity contribution is -0.145. The van der Waals surface area contributed by atoms with Crippen LogP contribution >= 0.6 is 11.6 Å². The van der Waals surface area contributed by atoms with Crippen LogP contribution in [0.5, 0.6) is 0 Å². The van der Waals surface area contributed by atoms with Crippen molar-refractivity contribution in [3.63, 3.8) is 0 Å². The fourth-order valence-electron chi connectivity index (χ4n) is 3.96. The number of esters is 1. The summed E-state index contributed by atoms with van der Waals surface area (Å²) in [5.74, 6) is -1.41. The first kappa shape index (κ1) is 21.4. The smallest absolute Gasteiger partial charge is 0.309 e. The number of carbonyl (C=O) groups is 2. The molecule has 1 unspecified atom stereocenters. The van der Waals surface area contributed by atoms with Crippen molar-refractivity contribution < 1.29 is 23.1 Å². The molecule has 29 heavy (non-hydrogen) atoms. The number of alkyl halides is 2. The van der Waals surface area contributed by atoms with Gasteiger partial charge in [-0.3, -0.25) is 9.59 Å². The van der Waals surface area contributed by atoms with Crippen molar-refractivity contribution in [2.45, 2.75) is 50.9 Å². The Morgan fingerprint density at radius 3 is 2.59 bits per heavy atom. The molecule has 0 heterocycles. The minimum Gasteiger partial charge on any atom is -0.469 e. The maximum absolute atomic E-state index is 13.7. The molecule has 0 spiro atoms. The van der Waals surface area contributed by atoms with E-state index >= 15 is 0 Å². The Labute approximate surface area is 173 Å². The number of methoxy groups -OCH3 is 1. The second-order valence-corrected chi connectivity index (χ2v) is 8.03. The molecule has 1 fully saturated rings. The third-order valence-corrected chi connectivity index (χ3v) is 6.11. The minimum atomic E-state index is -2.59. The highest BCUT2D eigenvalue weighted by Gasteiger charge is 2.54. The molecular weight excluding hydrogens is 402 g/mol. The van der Waals surface area contributed by atoms with Gasteiger partial charge in [0, 0.05) is 17.8 Å². The molecule has 0 saturated heterocycles. The predicted octanol–water partition coefficient (Wildman–Crippen LogP) is 4.63. The third-order valence-electron chi connectivity index (χ3n) is 5.79. The van der Waals surface area contributed by atoms with E-state index in [1.165, 1.54) is 19.2 Å². The molecule has 1 aromatic carbocycles. The summed E-state index contributed by atoms with van der Waals surface area (Å²) >= 11 is 6.24. The number of benzene rings is 1. The van der Waals surface area contributed by atoms with Crippen LogP contribution in [0.4, 0.5) is 8.78 Å². The number of hydrogen-bond donors (Lipinski definition) is 2. The summed E-state index contributed by atoms with van der Waals surface area (Å²) in [4.78, 5) is 25.1. The van der Waals surface area contributed by atoms with E-state index in [-0.39, 0.29) is 34.3 Å². The van der Waals surface area contributed by atoms with Crippen LogP contribution in [-0.4, -0.2) is 31.1 Å². The van der Waals surface area contributed by atoms with Crippen molar-refractivity contribution >= 4 is 29.2 Å². The second-order valence-electron chi connectivity index (χ2n) is 7.62. The van der Waals surface area contributed by atoms with E-state index in [9.17, 15) is 18.4 Å². The molecule has 3 rings (SSSR count). The quantitative estimate of drug-likeness (QED) is 0.516. The molecule has 156 valence electrons. The van der Waals surface area contributed by atoms with Crippen LogP contribution in [0.15, 0.2) is 29.5 Å². The maximum Gasteiger partial charge on any atom is 0.309 e. The molecule has 1 saturated carbocycles. The van der Waals surface area contributed by atoms with Gasteiger partial charge in [-0.2, -0.15) is 0 Å². The van der Waals surface area contributed by atoms with E-state index in [2.05, 4.69) is 5.32 Å². The summed E-state index contributed by atoms with van der Waals surface area (Å²) in [6, 6.07) is 4.59. The lowest BCUT2D eigenvalue weighted by Gasteiger charge is -2.27. The highest BCUT2D eigenvalue weighted by atomic mass is 35.5. The lowest BCUT2D eigenvalue weighted by atomic mass is 9.85. The molecule has 0 aliphatic heterocycles. The van der Waals surface area contributed by atoms with E-state index < -0.39 is 23.7 Å². The molecular formula is C21H23ClF2N2O3. The number of halogens is 3. The Morgan fingerprint density at radius 2 is 2.03 bits per heavy atom. The third kappa shape index (κ3) is 4.06. The van der Waals surface area contributed by atoms with Gasteiger partial charge >= 0.3 is 5.97 Å². The van der Waals surface area contributed by atoms with Crippen LogP contribution in [0.25, 0.3) is 0 Å². The summed E-state index contributed by atoms with van der Waals surface area (Å²) in [5, 5.41) is 10.8. The molecule has 1 amide bonds. The Hall–Kier alpha value is -2.28. The number of amides is 1. The molecule has 1 aromatic rings. The Balaban J connectivity index is 1.95. The first-order valence-corrected chi connectivity index (χ1v) is 9.83. The summed E-state index contributed by atoms with van der Waals surface area (Å²) in [5.41, 5.74) is 0.300. The van der Waals surface area contributed by atoms with Gasteiger partial charge in [-0.1, -0.05) is 23.7 Å². The lowest BCUT2D eigenvalue weighted by Crippen LogP contribution is -2.33. The maximum atomic E-state index is 13.7. The van der Waals surface area contributed by atoms with E-state index in [1.54, 1.807) is 13.0 Å². The average Bonchev–Trinajstić information content (AvgIpc) is 3.48. The van der Waals surface area contributed by atoms with Crippen molar-refractivity contribution in [3.8, 4) is 0 Å². The molecule has 0 bridgehead atoms. The van der Waals surface area contributed by atoms with Crippen LogP contribution in [0.2, 0.25) is 5.02 Å². The van der Waals surface area contributed by atoms with Crippen molar-refractivity contribution in [2.75, 3.05) is 7.11 Å². The molecule has 0 radical (unpaired) electrons. The summed E-state index contributed by atoms with van der Waals surface area (Å²) in [6.45, 7) is 1.61. The summed E-state index contributed by atoms with van der Waals surface area (Å²) < 4.78 is 32.2. The number of ether oxygens (including phenoxy) is 1. The number of allylic oxidation sites excluding steroid dienone is 2. The van der Waals surface area contributed by atoms with Crippen LogP contribution in [0, 0.1) is 11.3 Å². The highest BCUT2D eigenvalue weighted by molar-refractivity contribution is 6.34. The molecule has 0 aromatic heterocycles. The highest BCUT2D eigenvalue weighted by Crippen LogP contribution is 2.54. The first-order chi connectivity index (χ1) is 13.7. The fraction of sp³-hybridized carbons (Fsp3) is 0.476. The van der Waals surface area contributed by atoms with Gasteiger partial charge in [0.05, 0.1) is 29.0 Å². The zero-order valence-corrected chi connectivity index (χ0v) is 17.0. The fourth-order valence-corrected chi connectivity index (χ4v) is 4.22. The Morgan fingerprint density at radius 1 is 1.34 bits per heavy atom. The number of nitrogens with one attached hydrogen (secondary N) is 2. The van der Waals surface area contributed by atoms with Crippen molar-refractivity contribution in [3.05, 3.63) is 45.6 Å². The Bertz CT molecular complexity index is 894. The molecule has 5 nitrogen and oxygen atoms in total. The van der Waals surface area contributed by atoms with Gasteiger partial charge in [-0.05, 0) is 49.8 Å². The van der Waals surface area contributed by atoms with Gasteiger partial charge in [0.15, 0.2) is 0 Å². The van der Waals surface area contributed by atoms with Crippen molar-refractivity contribution in [1.82, 2.24) is 5.32 Å². The molecule has 2 aliphatic rings. The number of rotatable bonds is 6. The van der Waals surface area contributed by atoms with E-state index in [0.717, 1.165) is 0 Å². The van der Waals surface area contributed by atoms with E-state index in [1.807, 2.05) is 0 Å². The van der Waals surface area contributed by atoms with E-state index in [0.29, 0.717) is 37.0 Å². The monoisotopic (exact) mass is 424 g/mol. The van der Waals surface area contributed by atoms with E-state index in [4.69, 9.17) is 21.7 Å². The molecule has 2 aliphatic carbocycles. The van der Waals surface area contributed by atoms with Gasteiger partial charge < -0.3 is 15.5 Å². The van der Waals surface area contributed by atoms with Crippen LogP contribution in [0.1, 0.15) is 54.9 Å². The van der Waals surface area contributed by atoms with Crippen LogP contribution < -0.4 is 5.32 Å². The molecule has 2 N–H and O–H groups in total. The molecule has 8 heteroatoms. The van der Waals surface area contributed by atoms with Gasteiger partial charge in [0.25, 0.3) is 5.91 Å².